The normalized spacial score (nSPS) is 11.2. The van der Waals surface area contributed by atoms with Crippen LogP contribution in [-0.4, -0.2) is 31.5 Å². The summed E-state index contributed by atoms with van der Waals surface area (Å²) in [5, 5.41) is 2.51. The van der Waals surface area contributed by atoms with Gasteiger partial charge in [0.05, 0.1) is 16.8 Å². The molecule has 1 amide bonds. The fourth-order valence-corrected chi connectivity index (χ4v) is 3.59. The number of halogens is 2. The summed E-state index contributed by atoms with van der Waals surface area (Å²) < 4.78 is 27.8. The number of esters is 1. The molecule has 1 aromatic heterocycles. The van der Waals surface area contributed by atoms with E-state index >= 15 is 0 Å². The van der Waals surface area contributed by atoms with E-state index < -0.39 is 21.7 Å². The van der Waals surface area contributed by atoms with Gasteiger partial charge in [-0.15, -0.1) is 0 Å². The van der Waals surface area contributed by atoms with Gasteiger partial charge in [0.15, 0.2) is 20.7 Å². The van der Waals surface area contributed by atoms with Crippen molar-refractivity contribution < 1.29 is 22.7 Å². The zero-order valence-corrected chi connectivity index (χ0v) is 15.4. The SMILES string of the molecule is CC(=O)Oc1c(C(=O)Nc2ncc(S(C)(=O)=O)s2)ccc(Cl)c1Cl. The summed E-state index contributed by atoms with van der Waals surface area (Å²) in [5.74, 6) is -1.55. The van der Waals surface area contributed by atoms with E-state index in [1.807, 2.05) is 0 Å². The molecule has 0 spiro atoms. The Labute approximate surface area is 151 Å². The molecule has 0 saturated heterocycles. The predicted molar refractivity (Wildman–Crippen MR) is 90.9 cm³/mol. The average Bonchev–Trinajstić information content (AvgIpc) is 2.92. The number of rotatable bonds is 4. The lowest BCUT2D eigenvalue weighted by Gasteiger charge is -2.11. The molecule has 0 unspecified atom stereocenters. The van der Waals surface area contributed by atoms with Crippen molar-refractivity contribution >= 4 is 61.4 Å². The number of hydrogen-bond donors (Lipinski definition) is 1. The minimum atomic E-state index is -3.42. The zero-order chi connectivity index (χ0) is 18.1. The second kappa shape index (κ2) is 7.06. The zero-order valence-electron chi connectivity index (χ0n) is 12.3. The average molecular weight is 409 g/mol. The van der Waals surface area contributed by atoms with Gasteiger partial charge in [-0.25, -0.2) is 13.4 Å². The van der Waals surface area contributed by atoms with Gasteiger partial charge in [-0.3, -0.25) is 14.9 Å². The standard InChI is InChI=1S/C13H10Cl2N2O5S2/c1-6(18)22-11-7(3-4-8(14)10(11)15)12(19)17-13-16-5-9(23-13)24(2,20)21/h3-5H,1-2H3,(H,16,17,19). The molecular formula is C13H10Cl2N2O5S2. The molecule has 2 rings (SSSR count). The summed E-state index contributed by atoms with van der Waals surface area (Å²) >= 11 is 12.6. The van der Waals surface area contributed by atoms with Crippen LogP contribution in [0, 0.1) is 0 Å². The van der Waals surface area contributed by atoms with Crippen LogP contribution in [-0.2, 0) is 14.6 Å². The van der Waals surface area contributed by atoms with Crippen LogP contribution in [0.25, 0.3) is 0 Å². The van der Waals surface area contributed by atoms with Gasteiger partial charge in [-0.1, -0.05) is 34.5 Å². The van der Waals surface area contributed by atoms with Gasteiger partial charge >= 0.3 is 5.97 Å². The molecule has 0 fully saturated rings. The molecule has 0 aliphatic heterocycles. The van der Waals surface area contributed by atoms with E-state index in [-0.39, 0.29) is 30.7 Å². The largest absolute Gasteiger partial charge is 0.424 e. The Morgan fingerprint density at radius 2 is 1.96 bits per heavy atom. The van der Waals surface area contributed by atoms with Gasteiger partial charge in [-0.2, -0.15) is 0 Å². The first-order valence-electron chi connectivity index (χ1n) is 6.23. The highest BCUT2D eigenvalue weighted by atomic mass is 35.5. The van der Waals surface area contributed by atoms with Crippen molar-refractivity contribution in [3.8, 4) is 5.75 Å². The summed E-state index contributed by atoms with van der Waals surface area (Å²) in [6, 6.07) is 2.70. The van der Waals surface area contributed by atoms with Crippen molar-refractivity contribution in [3.05, 3.63) is 33.9 Å². The molecule has 0 saturated carbocycles. The quantitative estimate of drug-likeness (QED) is 0.615. The molecule has 0 atom stereocenters. The number of ether oxygens (including phenoxy) is 1. The number of anilines is 1. The first-order chi connectivity index (χ1) is 11.1. The van der Waals surface area contributed by atoms with E-state index in [0.29, 0.717) is 0 Å². The fourth-order valence-electron chi connectivity index (χ4n) is 1.61. The Morgan fingerprint density at radius 3 is 2.50 bits per heavy atom. The third kappa shape index (κ3) is 4.23. The molecule has 7 nitrogen and oxygen atoms in total. The van der Waals surface area contributed by atoms with Gasteiger partial charge in [0.1, 0.15) is 9.23 Å². The third-order valence-corrected chi connectivity index (χ3v) is 6.10. The summed E-state index contributed by atoms with van der Waals surface area (Å²) in [4.78, 5) is 27.4. The van der Waals surface area contributed by atoms with E-state index in [1.54, 1.807) is 0 Å². The molecule has 0 aliphatic carbocycles. The second-order valence-electron chi connectivity index (χ2n) is 4.54. The van der Waals surface area contributed by atoms with Crippen molar-refractivity contribution in [2.24, 2.45) is 0 Å². The van der Waals surface area contributed by atoms with Gasteiger partial charge in [0.25, 0.3) is 5.91 Å². The Bertz CT molecular complexity index is 924. The van der Waals surface area contributed by atoms with Gasteiger partial charge in [0, 0.05) is 13.2 Å². The molecule has 2 aromatic rings. The number of amides is 1. The lowest BCUT2D eigenvalue weighted by molar-refractivity contribution is -0.131. The van der Waals surface area contributed by atoms with Crippen LogP contribution in [0.4, 0.5) is 5.13 Å². The topological polar surface area (TPSA) is 102 Å². The first kappa shape index (κ1) is 18.7. The number of benzene rings is 1. The highest BCUT2D eigenvalue weighted by Gasteiger charge is 2.21. The molecule has 11 heteroatoms. The van der Waals surface area contributed by atoms with E-state index in [4.69, 9.17) is 27.9 Å². The molecule has 0 radical (unpaired) electrons. The van der Waals surface area contributed by atoms with Crippen molar-refractivity contribution in [2.45, 2.75) is 11.1 Å². The molecule has 0 bridgehead atoms. The molecule has 1 N–H and O–H groups in total. The maximum absolute atomic E-state index is 12.4. The number of nitrogens with zero attached hydrogens (tertiary/aromatic N) is 1. The Morgan fingerprint density at radius 1 is 1.29 bits per heavy atom. The van der Waals surface area contributed by atoms with Crippen molar-refractivity contribution in [2.75, 3.05) is 11.6 Å². The number of hydrogen-bond acceptors (Lipinski definition) is 7. The highest BCUT2D eigenvalue weighted by molar-refractivity contribution is 7.92. The summed E-state index contributed by atoms with van der Waals surface area (Å²) in [6.07, 6.45) is 2.17. The van der Waals surface area contributed by atoms with E-state index in [2.05, 4.69) is 10.3 Å². The molecule has 1 aromatic carbocycles. The van der Waals surface area contributed by atoms with Crippen LogP contribution >= 0.6 is 34.5 Å². The van der Waals surface area contributed by atoms with Crippen molar-refractivity contribution in [3.63, 3.8) is 0 Å². The lowest BCUT2D eigenvalue weighted by atomic mass is 10.2. The highest BCUT2D eigenvalue weighted by Crippen LogP contribution is 2.36. The molecule has 0 aliphatic rings. The van der Waals surface area contributed by atoms with Gasteiger partial charge in [-0.05, 0) is 12.1 Å². The maximum Gasteiger partial charge on any atom is 0.308 e. The molecule has 1 heterocycles. The van der Waals surface area contributed by atoms with Crippen LogP contribution in [0.1, 0.15) is 17.3 Å². The van der Waals surface area contributed by atoms with Gasteiger partial charge < -0.3 is 4.74 Å². The van der Waals surface area contributed by atoms with Crippen LogP contribution < -0.4 is 10.1 Å². The van der Waals surface area contributed by atoms with E-state index in [9.17, 15) is 18.0 Å². The smallest absolute Gasteiger partial charge is 0.308 e. The Kier molecular flexibility index (Phi) is 5.49. The van der Waals surface area contributed by atoms with Crippen LogP contribution in [0.5, 0.6) is 5.75 Å². The minimum Gasteiger partial charge on any atom is -0.424 e. The lowest BCUT2D eigenvalue weighted by Crippen LogP contribution is -2.15. The maximum atomic E-state index is 12.4. The number of carbonyl (C=O) groups excluding carboxylic acids is 2. The van der Waals surface area contributed by atoms with E-state index in [0.717, 1.165) is 30.7 Å². The summed E-state index contributed by atoms with van der Waals surface area (Å²) in [5.41, 5.74) is -0.0456. The monoisotopic (exact) mass is 408 g/mol. The predicted octanol–water partition coefficient (Wildman–Crippen LogP) is 3.03. The van der Waals surface area contributed by atoms with E-state index in [1.165, 1.54) is 12.1 Å². The van der Waals surface area contributed by atoms with Crippen LogP contribution in [0.3, 0.4) is 0 Å². The number of sulfone groups is 1. The molecule has 24 heavy (non-hydrogen) atoms. The van der Waals surface area contributed by atoms with Crippen molar-refractivity contribution in [1.29, 1.82) is 0 Å². The van der Waals surface area contributed by atoms with Crippen LogP contribution in [0.2, 0.25) is 10.0 Å². The number of carbonyl (C=O) groups is 2. The molecular weight excluding hydrogens is 399 g/mol. The first-order valence-corrected chi connectivity index (χ1v) is 9.69. The summed E-state index contributed by atoms with van der Waals surface area (Å²) in [7, 11) is -3.42. The Hall–Kier alpha value is -1.68. The van der Waals surface area contributed by atoms with Crippen molar-refractivity contribution in [1.82, 2.24) is 4.98 Å². The minimum absolute atomic E-state index is 0.00662. The molecule has 128 valence electrons. The van der Waals surface area contributed by atoms with Gasteiger partial charge in [0.2, 0.25) is 0 Å². The fraction of sp³-hybridized carbons (Fsp3) is 0.154. The summed E-state index contributed by atoms with van der Waals surface area (Å²) in [6.45, 7) is 1.15. The number of aromatic nitrogens is 1. The number of thiazole rings is 1. The Balaban J connectivity index is 2.35. The number of nitrogens with one attached hydrogen (secondary N) is 1. The second-order valence-corrected chi connectivity index (χ2v) is 8.60. The third-order valence-electron chi connectivity index (χ3n) is 2.61. The van der Waals surface area contributed by atoms with Crippen LogP contribution in [0.15, 0.2) is 22.5 Å².